The number of hydrogen-bond acceptors (Lipinski definition) is 4. The molecule has 0 radical (unpaired) electrons. The van der Waals surface area contributed by atoms with Gasteiger partial charge in [-0.3, -0.25) is 19.3 Å². The number of amides is 3. The molecule has 0 saturated heterocycles. The lowest BCUT2D eigenvalue weighted by Crippen LogP contribution is -2.42. The maximum atomic E-state index is 12.2. The van der Waals surface area contributed by atoms with Crippen molar-refractivity contribution >= 4 is 23.4 Å². The van der Waals surface area contributed by atoms with Gasteiger partial charge in [0.2, 0.25) is 11.8 Å². The molecule has 7 heteroatoms. The van der Waals surface area contributed by atoms with E-state index < -0.39 is 0 Å². The Morgan fingerprint density at radius 1 is 1.12 bits per heavy atom. The van der Waals surface area contributed by atoms with Crippen LogP contribution in [-0.2, 0) is 9.59 Å². The summed E-state index contributed by atoms with van der Waals surface area (Å²) in [5.41, 5.74) is 1.02. The summed E-state index contributed by atoms with van der Waals surface area (Å²) in [4.78, 5) is 37.3. The minimum atomic E-state index is -0.233. The van der Waals surface area contributed by atoms with Crippen molar-refractivity contribution < 1.29 is 14.4 Å². The molecule has 132 valence electrons. The van der Waals surface area contributed by atoms with Gasteiger partial charge in [0, 0.05) is 24.3 Å². The minimum absolute atomic E-state index is 0.0671. The van der Waals surface area contributed by atoms with Gasteiger partial charge in [0.05, 0.1) is 13.1 Å². The Balaban J connectivity index is 2.60. The summed E-state index contributed by atoms with van der Waals surface area (Å²) in [5.74, 6) is -0.559. The van der Waals surface area contributed by atoms with Crippen molar-refractivity contribution in [3.05, 3.63) is 29.8 Å². The predicted octanol–water partition coefficient (Wildman–Crippen LogP) is 0.831. The van der Waals surface area contributed by atoms with Crippen LogP contribution in [0.5, 0.6) is 0 Å². The standard InChI is InChI=1S/C17H26N4O3/c1-5-21(10-15(22)19-12(2)3)11-16(23)20-14-8-6-7-13(9-14)17(24)18-4/h6-9,12H,5,10-11H2,1-4H3,(H,18,24)(H,19,22)(H,20,23). The van der Waals surface area contributed by atoms with Crippen molar-refractivity contribution in [3.8, 4) is 0 Å². The number of anilines is 1. The molecule has 0 fully saturated rings. The van der Waals surface area contributed by atoms with Crippen molar-refractivity contribution in [1.29, 1.82) is 0 Å². The van der Waals surface area contributed by atoms with Crippen molar-refractivity contribution in [2.45, 2.75) is 26.8 Å². The van der Waals surface area contributed by atoms with Crippen LogP contribution in [0.2, 0.25) is 0 Å². The first-order valence-electron chi connectivity index (χ1n) is 7.99. The lowest BCUT2D eigenvalue weighted by molar-refractivity contribution is -0.123. The Morgan fingerprint density at radius 2 is 1.79 bits per heavy atom. The van der Waals surface area contributed by atoms with Gasteiger partial charge in [0.15, 0.2) is 0 Å². The van der Waals surface area contributed by atoms with E-state index in [-0.39, 0.29) is 36.9 Å². The highest BCUT2D eigenvalue weighted by Gasteiger charge is 2.14. The van der Waals surface area contributed by atoms with E-state index in [0.717, 1.165) is 0 Å². The molecular formula is C17H26N4O3. The first-order valence-corrected chi connectivity index (χ1v) is 7.99. The molecule has 0 bridgehead atoms. The first kappa shape index (κ1) is 19.6. The average molecular weight is 334 g/mol. The molecule has 3 amide bonds. The molecule has 1 aromatic rings. The van der Waals surface area contributed by atoms with Gasteiger partial charge in [-0.2, -0.15) is 0 Å². The Labute approximate surface area is 142 Å². The molecule has 1 aromatic carbocycles. The van der Waals surface area contributed by atoms with Crippen LogP contribution in [0.25, 0.3) is 0 Å². The highest BCUT2D eigenvalue weighted by molar-refractivity contribution is 5.97. The fourth-order valence-electron chi connectivity index (χ4n) is 2.14. The maximum Gasteiger partial charge on any atom is 0.251 e. The molecule has 0 atom stereocenters. The SMILES string of the molecule is CCN(CC(=O)Nc1cccc(C(=O)NC)c1)CC(=O)NC(C)C. The first-order chi connectivity index (χ1) is 11.3. The second-order valence-electron chi connectivity index (χ2n) is 5.73. The summed E-state index contributed by atoms with van der Waals surface area (Å²) < 4.78 is 0. The Bertz CT molecular complexity index is 587. The Kier molecular flexibility index (Phi) is 7.91. The van der Waals surface area contributed by atoms with E-state index in [1.165, 1.54) is 0 Å². The van der Waals surface area contributed by atoms with Gasteiger partial charge in [-0.25, -0.2) is 0 Å². The minimum Gasteiger partial charge on any atom is -0.355 e. The van der Waals surface area contributed by atoms with Gasteiger partial charge in [0.25, 0.3) is 5.91 Å². The van der Waals surface area contributed by atoms with E-state index in [1.807, 2.05) is 20.8 Å². The van der Waals surface area contributed by atoms with E-state index in [4.69, 9.17) is 0 Å². The molecule has 0 saturated carbocycles. The van der Waals surface area contributed by atoms with Crippen LogP contribution in [0, 0.1) is 0 Å². The van der Waals surface area contributed by atoms with Crippen molar-refractivity contribution in [2.75, 3.05) is 32.0 Å². The van der Waals surface area contributed by atoms with E-state index in [2.05, 4.69) is 16.0 Å². The molecular weight excluding hydrogens is 308 g/mol. The largest absolute Gasteiger partial charge is 0.355 e. The Hall–Kier alpha value is -2.41. The zero-order valence-electron chi connectivity index (χ0n) is 14.7. The molecule has 7 nitrogen and oxygen atoms in total. The van der Waals surface area contributed by atoms with E-state index in [1.54, 1.807) is 36.2 Å². The number of hydrogen-bond donors (Lipinski definition) is 3. The second kappa shape index (κ2) is 9.67. The van der Waals surface area contributed by atoms with Crippen molar-refractivity contribution in [3.63, 3.8) is 0 Å². The summed E-state index contributed by atoms with van der Waals surface area (Å²) in [6.07, 6.45) is 0. The number of nitrogens with one attached hydrogen (secondary N) is 3. The predicted molar refractivity (Wildman–Crippen MR) is 93.9 cm³/mol. The molecule has 3 N–H and O–H groups in total. The van der Waals surface area contributed by atoms with Gasteiger partial charge in [-0.1, -0.05) is 13.0 Å². The normalized spacial score (nSPS) is 10.6. The molecule has 0 aromatic heterocycles. The summed E-state index contributed by atoms with van der Waals surface area (Å²) in [6, 6.07) is 6.76. The summed E-state index contributed by atoms with van der Waals surface area (Å²) in [6.45, 7) is 6.52. The zero-order chi connectivity index (χ0) is 18.1. The number of rotatable bonds is 8. The van der Waals surface area contributed by atoms with Crippen LogP contribution in [0.15, 0.2) is 24.3 Å². The van der Waals surface area contributed by atoms with Crippen molar-refractivity contribution in [1.82, 2.24) is 15.5 Å². The van der Waals surface area contributed by atoms with Gasteiger partial charge < -0.3 is 16.0 Å². The highest BCUT2D eigenvalue weighted by Crippen LogP contribution is 2.10. The zero-order valence-corrected chi connectivity index (χ0v) is 14.7. The summed E-state index contributed by atoms with van der Waals surface area (Å²) in [7, 11) is 1.55. The Morgan fingerprint density at radius 3 is 2.38 bits per heavy atom. The number of benzene rings is 1. The van der Waals surface area contributed by atoms with E-state index >= 15 is 0 Å². The lowest BCUT2D eigenvalue weighted by Gasteiger charge is -2.20. The second-order valence-corrected chi connectivity index (χ2v) is 5.73. The van der Waals surface area contributed by atoms with Gasteiger partial charge in [0.1, 0.15) is 0 Å². The van der Waals surface area contributed by atoms with Gasteiger partial charge in [-0.15, -0.1) is 0 Å². The lowest BCUT2D eigenvalue weighted by atomic mass is 10.2. The molecule has 24 heavy (non-hydrogen) atoms. The molecule has 0 aliphatic rings. The monoisotopic (exact) mass is 334 g/mol. The van der Waals surface area contributed by atoms with Gasteiger partial charge >= 0.3 is 0 Å². The topological polar surface area (TPSA) is 90.5 Å². The number of likely N-dealkylation sites (N-methyl/N-ethyl adjacent to an activating group) is 1. The molecule has 1 rings (SSSR count). The van der Waals surface area contributed by atoms with E-state index in [0.29, 0.717) is 17.8 Å². The van der Waals surface area contributed by atoms with Crippen LogP contribution in [0.4, 0.5) is 5.69 Å². The number of carbonyl (C=O) groups excluding carboxylic acids is 3. The number of nitrogens with zero attached hydrogens (tertiary/aromatic N) is 1. The third kappa shape index (κ3) is 6.78. The molecule has 0 spiro atoms. The molecule has 0 aliphatic heterocycles. The molecule has 0 unspecified atom stereocenters. The third-order valence-corrected chi connectivity index (χ3v) is 3.27. The average Bonchev–Trinajstić information content (AvgIpc) is 2.52. The van der Waals surface area contributed by atoms with Crippen LogP contribution in [-0.4, -0.2) is 55.3 Å². The fraction of sp³-hybridized carbons (Fsp3) is 0.471. The quantitative estimate of drug-likeness (QED) is 0.657. The van der Waals surface area contributed by atoms with Crippen LogP contribution < -0.4 is 16.0 Å². The third-order valence-electron chi connectivity index (χ3n) is 3.27. The van der Waals surface area contributed by atoms with E-state index in [9.17, 15) is 14.4 Å². The van der Waals surface area contributed by atoms with Crippen LogP contribution in [0.3, 0.4) is 0 Å². The number of carbonyl (C=O) groups is 3. The van der Waals surface area contributed by atoms with Gasteiger partial charge in [-0.05, 0) is 38.6 Å². The maximum absolute atomic E-state index is 12.2. The van der Waals surface area contributed by atoms with Crippen LogP contribution >= 0.6 is 0 Å². The summed E-state index contributed by atoms with van der Waals surface area (Å²) in [5, 5.41) is 8.08. The van der Waals surface area contributed by atoms with Crippen LogP contribution in [0.1, 0.15) is 31.1 Å². The molecule has 0 heterocycles. The highest BCUT2D eigenvalue weighted by atomic mass is 16.2. The smallest absolute Gasteiger partial charge is 0.251 e. The summed E-state index contributed by atoms with van der Waals surface area (Å²) >= 11 is 0. The fourth-order valence-corrected chi connectivity index (χ4v) is 2.14. The molecule has 0 aliphatic carbocycles. The van der Waals surface area contributed by atoms with Crippen molar-refractivity contribution in [2.24, 2.45) is 0 Å².